The molecule has 1 aromatic heterocycles. The van der Waals surface area contributed by atoms with Crippen LogP contribution in [0, 0.1) is 13.8 Å². The molecular weight excluding hydrogens is 462 g/mol. The fourth-order valence-corrected chi connectivity index (χ4v) is 3.94. The van der Waals surface area contributed by atoms with Gasteiger partial charge < -0.3 is 14.0 Å². The van der Waals surface area contributed by atoms with Crippen molar-refractivity contribution in [1.82, 2.24) is 4.98 Å². The molecule has 0 saturated carbocycles. The zero-order valence-corrected chi connectivity index (χ0v) is 19.5. The second kappa shape index (κ2) is 9.59. The zero-order valence-electron chi connectivity index (χ0n) is 18.6. The summed E-state index contributed by atoms with van der Waals surface area (Å²) < 4.78 is 75.1. The molecule has 1 heterocycles. The molecule has 178 valence electrons. The Morgan fingerprint density at radius 3 is 2.15 bits per heavy atom. The van der Waals surface area contributed by atoms with Crippen LogP contribution >= 0.6 is 7.82 Å². The van der Waals surface area contributed by atoms with Crippen molar-refractivity contribution in [1.29, 1.82) is 0 Å². The molecule has 0 aliphatic rings. The monoisotopic (exact) mass is 485 g/mol. The molecule has 33 heavy (non-hydrogen) atoms. The summed E-state index contributed by atoms with van der Waals surface area (Å²) >= 11 is 0. The van der Waals surface area contributed by atoms with Crippen LogP contribution in [-0.2, 0) is 20.0 Å². The number of phosphoric ester groups is 1. The molecule has 0 spiro atoms. The minimum atomic E-state index is -4.78. The smallest absolute Gasteiger partial charge is 0.457 e. The van der Waals surface area contributed by atoms with Gasteiger partial charge in [-0.25, -0.2) is 4.57 Å². The highest BCUT2D eigenvalue weighted by Crippen LogP contribution is 2.51. The van der Waals surface area contributed by atoms with Gasteiger partial charge in [-0.2, -0.15) is 0 Å². The van der Waals surface area contributed by atoms with E-state index < -0.39 is 14.2 Å². The Bertz CT molecular complexity index is 1190. The van der Waals surface area contributed by atoms with Crippen LogP contribution in [0.1, 0.15) is 23.7 Å². The molecule has 11 heteroatoms. The Morgan fingerprint density at radius 1 is 1.00 bits per heavy atom. The standard InChI is InChI=1S/C22H23F3NO6P/c1-6-18-14(3)21(32-33(27,28-4)29-5)17-12-20(13(2)11-19(17)26-18)30-15-7-9-16(10-8-15)31-22(23,24)25/h7-12H,6H2,1-5H3. The van der Waals surface area contributed by atoms with Gasteiger partial charge in [0.25, 0.3) is 0 Å². The second-order valence-corrected chi connectivity index (χ2v) is 8.83. The number of hydrogen-bond donors (Lipinski definition) is 0. The maximum absolute atomic E-state index is 12.7. The Kier molecular flexibility index (Phi) is 7.21. The van der Waals surface area contributed by atoms with Crippen molar-refractivity contribution in [3.05, 3.63) is 53.2 Å². The number of ether oxygens (including phenoxy) is 2. The number of nitrogens with zero attached hydrogens (tertiary/aromatic N) is 1. The van der Waals surface area contributed by atoms with Gasteiger partial charge in [0, 0.05) is 30.9 Å². The number of phosphoric acid groups is 1. The van der Waals surface area contributed by atoms with Crippen molar-refractivity contribution in [3.63, 3.8) is 0 Å². The van der Waals surface area contributed by atoms with E-state index in [9.17, 15) is 17.7 Å². The molecule has 0 radical (unpaired) electrons. The molecule has 0 fully saturated rings. The minimum absolute atomic E-state index is 0.280. The average molecular weight is 485 g/mol. The molecule has 0 aliphatic carbocycles. The molecule has 7 nitrogen and oxygen atoms in total. The summed E-state index contributed by atoms with van der Waals surface area (Å²) in [5.41, 5.74) is 2.74. The summed E-state index contributed by atoms with van der Waals surface area (Å²) in [6.45, 7) is 5.53. The first kappa shape index (κ1) is 24.8. The third kappa shape index (κ3) is 5.76. The van der Waals surface area contributed by atoms with Gasteiger partial charge in [-0.3, -0.25) is 14.0 Å². The molecule has 2 aromatic carbocycles. The third-order valence-corrected chi connectivity index (χ3v) is 6.14. The molecule has 0 bridgehead atoms. The Balaban J connectivity index is 2.04. The van der Waals surface area contributed by atoms with E-state index in [4.69, 9.17) is 18.3 Å². The lowest BCUT2D eigenvalue weighted by molar-refractivity contribution is -0.274. The predicted molar refractivity (Wildman–Crippen MR) is 116 cm³/mol. The Hall–Kier alpha value is -2.81. The molecule has 0 N–H and O–H groups in total. The van der Waals surface area contributed by atoms with Crippen LogP contribution in [0.15, 0.2) is 36.4 Å². The first-order valence-electron chi connectivity index (χ1n) is 9.87. The lowest BCUT2D eigenvalue weighted by Crippen LogP contribution is -2.16. The molecule has 3 aromatic rings. The van der Waals surface area contributed by atoms with Gasteiger partial charge in [0.15, 0.2) is 0 Å². The molecule has 0 saturated heterocycles. The fourth-order valence-electron chi connectivity index (χ4n) is 3.18. The SMILES string of the molecule is CCc1nc2cc(C)c(Oc3ccc(OC(F)(F)F)cc3)cc2c(OP(=O)(OC)OC)c1C. The molecule has 0 aliphatic heterocycles. The van der Waals surface area contributed by atoms with Crippen LogP contribution in [0.3, 0.4) is 0 Å². The van der Waals surface area contributed by atoms with Gasteiger partial charge in [0.1, 0.15) is 23.0 Å². The Morgan fingerprint density at radius 2 is 1.61 bits per heavy atom. The zero-order chi connectivity index (χ0) is 24.4. The largest absolute Gasteiger partial charge is 0.573 e. The molecule has 0 amide bonds. The van der Waals surface area contributed by atoms with Crippen molar-refractivity contribution in [2.24, 2.45) is 0 Å². The number of benzene rings is 2. The van der Waals surface area contributed by atoms with Crippen molar-refractivity contribution in [2.45, 2.75) is 33.6 Å². The van der Waals surface area contributed by atoms with Crippen molar-refractivity contribution in [3.8, 4) is 23.0 Å². The summed E-state index contributed by atoms with van der Waals surface area (Å²) in [4.78, 5) is 4.66. The summed E-state index contributed by atoms with van der Waals surface area (Å²) in [5, 5.41) is 0.511. The van der Waals surface area contributed by atoms with E-state index in [0.29, 0.717) is 34.4 Å². The first-order valence-corrected chi connectivity index (χ1v) is 11.3. The number of pyridine rings is 1. The van der Waals surface area contributed by atoms with E-state index in [1.807, 2.05) is 6.92 Å². The lowest BCUT2D eigenvalue weighted by Gasteiger charge is -2.20. The number of halogens is 3. The van der Waals surface area contributed by atoms with Crippen molar-refractivity contribution >= 4 is 18.7 Å². The van der Waals surface area contributed by atoms with E-state index >= 15 is 0 Å². The molecule has 0 unspecified atom stereocenters. The van der Waals surface area contributed by atoms with E-state index in [2.05, 4.69) is 9.72 Å². The van der Waals surface area contributed by atoms with Gasteiger partial charge in [0.05, 0.1) is 5.52 Å². The average Bonchev–Trinajstić information content (AvgIpc) is 2.76. The second-order valence-electron chi connectivity index (χ2n) is 7.03. The van der Waals surface area contributed by atoms with Gasteiger partial charge in [-0.05, 0) is 62.2 Å². The van der Waals surface area contributed by atoms with Crippen molar-refractivity contribution in [2.75, 3.05) is 14.2 Å². The number of fused-ring (bicyclic) bond motifs is 1. The quantitative estimate of drug-likeness (QED) is 0.322. The topological polar surface area (TPSA) is 76.1 Å². The Labute approximate surface area is 189 Å². The van der Waals surface area contributed by atoms with Crippen molar-refractivity contribution < 1.29 is 40.8 Å². The predicted octanol–water partition coefficient (Wildman–Crippen LogP) is 6.88. The highest BCUT2D eigenvalue weighted by Gasteiger charge is 2.31. The molecule has 3 rings (SSSR count). The molecular formula is C22H23F3NO6P. The molecule has 0 atom stereocenters. The summed E-state index contributed by atoms with van der Waals surface area (Å²) in [6, 6.07) is 8.46. The van der Waals surface area contributed by atoms with Crippen LogP contribution in [-0.4, -0.2) is 25.6 Å². The summed E-state index contributed by atoms with van der Waals surface area (Å²) in [6.07, 6.45) is -4.16. The lowest BCUT2D eigenvalue weighted by atomic mass is 10.0. The van der Waals surface area contributed by atoms with E-state index in [1.54, 1.807) is 26.0 Å². The van der Waals surface area contributed by atoms with Crippen LogP contribution < -0.4 is 14.0 Å². The van der Waals surface area contributed by atoms with Crippen LogP contribution in [0.2, 0.25) is 0 Å². The van der Waals surface area contributed by atoms with E-state index in [1.165, 1.54) is 26.4 Å². The minimum Gasteiger partial charge on any atom is -0.457 e. The number of aryl methyl sites for hydroxylation is 2. The van der Waals surface area contributed by atoms with Crippen LogP contribution in [0.25, 0.3) is 10.9 Å². The van der Waals surface area contributed by atoms with Gasteiger partial charge in [-0.1, -0.05) is 6.92 Å². The fraction of sp³-hybridized carbons (Fsp3) is 0.318. The highest BCUT2D eigenvalue weighted by atomic mass is 31.2. The maximum Gasteiger partial charge on any atom is 0.573 e. The number of rotatable bonds is 8. The first-order chi connectivity index (χ1) is 15.5. The third-order valence-electron chi connectivity index (χ3n) is 4.84. The summed E-state index contributed by atoms with van der Waals surface area (Å²) in [5.74, 6) is 0.626. The number of alkyl halides is 3. The number of hydrogen-bond acceptors (Lipinski definition) is 7. The van der Waals surface area contributed by atoms with Gasteiger partial charge in [0.2, 0.25) is 0 Å². The van der Waals surface area contributed by atoms with Crippen LogP contribution in [0.4, 0.5) is 13.2 Å². The van der Waals surface area contributed by atoms with Crippen LogP contribution in [0.5, 0.6) is 23.0 Å². The normalized spacial score (nSPS) is 12.1. The number of aromatic nitrogens is 1. The highest BCUT2D eigenvalue weighted by molar-refractivity contribution is 7.48. The van der Waals surface area contributed by atoms with Gasteiger partial charge >= 0.3 is 14.2 Å². The maximum atomic E-state index is 12.7. The van der Waals surface area contributed by atoms with E-state index in [0.717, 1.165) is 23.4 Å². The van der Waals surface area contributed by atoms with Gasteiger partial charge in [-0.15, -0.1) is 13.2 Å². The van der Waals surface area contributed by atoms with E-state index in [-0.39, 0.29) is 11.5 Å². The summed E-state index contributed by atoms with van der Waals surface area (Å²) in [7, 11) is -1.42.